The molecule has 94 valence electrons. The number of hydrogen-bond donors (Lipinski definition) is 1. The second-order valence-electron chi connectivity index (χ2n) is 3.84. The van der Waals surface area contributed by atoms with E-state index in [0.29, 0.717) is 13.0 Å². The number of nitrogens with zero attached hydrogens (tertiary/aromatic N) is 1. The van der Waals surface area contributed by atoms with Crippen molar-refractivity contribution in [1.29, 1.82) is 0 Å². The van der Waals surface area contributed by atoms with Crippen LogP contribution in [0.3, 0.4) is 0 Å². The summed E-state index contributed by atoms with van der Waals surface area (Å²) in [6.45, 7) is 2.66. The van der Waals surface area contributed by atoms with Crippen molar-refractivity contribution in [3.63, 3.8) is 0 Å². The van der Waals surface area contributed by atoms with Crippen LogP contribution in [0.4, 0.5) is 4.79 Å². The number of nitrogens with two attached hydrogens (primary N) is 1. The summed E-state index contributed by atoms with van der Waals surface area (Å²) >= 11 is 0. The fourth-order valence-electron chi connectivity index (χ4n) is 1.54. The van der Waals surface area contributed by atoms with E-state index in [4.69, 9.17) is 10.5 Å². The predicted octanol–water partition coefficient (Wildman–Crippen LogP) is -0.409. The van der Waals surface area contributed by atoms with E-state index in [1.165, 1.54) is 4.90 Å². The van der Waals surface area contributed by atoms with Crippen LogP contribution in [0.15, 0.2) is 0 Å². The van der Waals surface area contributed by atoms with E-state index < -0.39 is 15.9 Å². The summed E-state index contributed by atoms with van der Waals surface area (Å²) in [7, 11) is -3.05. The first-order valence-electron chi connectivity index (χ1n) is 5.34. The molecule has 1 rings (SSSR count). The molecule has 7 heteroatoms. The lowest BCUT2D eigenvalue weighted by molar-refractivity contribution is 0.135. The highest BCUT2D eigenvalue weighted by atomic mass is 32.2. The molecule has 1 unspecified atom stereocenters. The second kappa shape index (κ2) is 5.49. The first-order chi connectivity index (χ1) is 7.48. The minimum Gasteiger partial charge on any atom is -0.443 e. The van der Waals surface area contributed by atoms with Crippen molar-refractivity contribution in [3.05, 3.63) is 0 Å². The Morgan fingerprint density at radius 2 is 2.19 bits per heavy atom. The summed E-state index contributed by atoms with van der Waals surface area (Å²) in [5, 5.41) is 0. The zero-order valence-corrected chi connectivity index (χ0v) is 10.2. The second-order valence-corrected chi connectivity index (χ2v) is 6.14. The molecule has 1 amide bonds. The molecular weight excluding hydrogens is 232 g/mol. The topological polar surface area (TPSA) is 89.7 Å². The maximum Gasteiger partial charge on any atom is 0.410 e. The van der Waals surface area contributed by atoms with Gasteiger partial charge in [-0.3, -0.25) is 0 Å². The minimum atomic E-state index is -3.05. The summed E-state index contributed by atoms with van der Waals surface area (Å²) in [5.41, 5.74) is 5.37. The quantitative estimate of drug-likeness (QED) is 0.692. The molecule has 1 fully saturated rings. The fourth-order valence-corrected chi connectivity index (χ4v) is 2.87. The largest absolute Gasteiger partial charge is 0.443 e. The number of hydrogen-bond acceptors (Lipinski definition) is 5. The summed E-state index contributed by atoms with van der Waals surface area (Å²) in [6, 6.07) is 0. The lowest BCUT2D eigenvalue weighted by Gasteiger charge is -2.12. The van der Waals surface area contributed by atoms with Gasteiger partial charge in [0, 0.05) is 18.8 Å². The van der Waals surface area contributed by atoms with Crippen LogP contribution in [-0.4, -0.2) is 56.7 Å². The molecule has 1 heterocycles. The van der Waals surface area contributed by atoms with E-state index >= 15 is 0 Å². The smallest absolute Gasteiger partial charge is 0.410 e. The number of carbonyl (C=O) groups excluding carboxylic acids is 1. The molecule has 1 atom stereocenters. The SMILES string of the molecule is CCCS(=O)(=O)CCN1CC(CN)OC1=O. The Kier molecular flexibility index (Phi) is 4.55. The molecule has 1 aliphatic heterocycles. The monoisotopic (exact) mass is 250 g/mol. The Hall–Kier alpha value is -0.820. The van der Waals surface area contributed by atoms with Gasteiger partial charge in [0.2, 0.25) is 0 Å². The van der Waals surface area contributed by atoms with Crippen molar-refractivity contribution < 1.29 is 17.9 Å². The Balaban J connectivity index is 2.42. The van der Waals surface area contributed by atoms with E-state index in [1.807, 2.05) is 6.92 Å². The average molecular weight is 250 g/mol. The van der Waals surface area contributed by atoms with Crippen LogP contribution in [0.25, 0.3) is 0 Å². The standard InChI is InChI=1S/C9H18N2O4S/c1-2-4-16(13,14)5-3-11-7-8(6-10)15-9(11)12/h8H,2-7,10H2,1H3. The van der Waals surface area contributed by atoms with Crippen molar-refractivity contribution in [1.82, 2.24) is 4.90 Å². The number of cyclic esters (lactones) is 1. The van der Waals surface area contributed by atoms with Crippen molar-refractivity contribution in [2.75, 3.05) is 31.1 Å². The van der Waals surface area contributed by atoms with Crippen molar-refractivity contribution in [2.24, 2.45) is 5.73 Å². The van der Waals surface area contributed by atoms with Crippen LogP contribution in [0, 0.1) is 0 Å². The Labute approximate surface area is 95.7 Å². The summed E-state index contributed by atoms with van der Waals surface area (Å²) in [6.07, 6.45) is -0.179. The molecular formula is C9H18N2O4S. The van der Waals surface area contributed by atoms with Crippen molar-refractivity contribution in [3.8, 4) is 0 Å². The Bertz CT molecular complexity index is 341. The molecule has 0 aromatic heterocycles. The van der Waals surface area contributed by atoms with Gasteiger partial charge in [-0.2, -0.15) is 0 Å². The number of sulfone groups is 1. The van der Waals surface area contributed by atoms with Crippen LogP contribution >= 0.6 is 0 Å². The maximum absolute atomic E-state index is 11.4. The molecule has 1 aliphatic rings. The highest BCUT2D eigenvalue weighted by Gasteiger charge is 2.30. The van der Waals surface area contributed by atoms with Gasteiger partial charge < -0.3 is 15.4 Å². The number of ether oxygens (including phenoxy) is 1. The molecule has 6 nitrogen and oxygen atoms in total. The summed E-state index contributed by atoms with van der Waals surface area (Å²) in [5.74, 6) is 0.156. The van der Waals surface area contributed by atoms with Crippen LogP contribution < -0.4 is 5.73 Å². The zero-order chi connectivity index (χ0) is 12.2. The van der Waals surface area contributed by atoms with Gasteiger partial charge in [-0.15, -0.1) is 0 Å². The summed E-state index contributed by atoms with van der Waals surface area (Å²) in [4.78, 5) is 12.7. The molecule has 0 aliphatic carbocycles. The number of rotatable bonds is 6. The van der Waals surface area contributed by atoms with Crippen molar-refractivity contribution in [2.45, 2.75) is 19.4 Å². The van der Waals surface area contributed by atoms with Gasteiger partial charge in [0.15, 0.2) is 9.84 Å². The molecule has 0 bridgehead atoms. The van der Waals surface area contributed by atoms with Gasteiger partial charge >= 0.3 is 6.09 Å². The molecule has 2 N–H and O–H groups in total. The Morgan fingerprint density at radius 1 is 1.50 bits per heavy atom. The molecule has 0 aromatic rings. The third kappa shape index (κ3) is 3.64. The lowest BCUT2D eigenvalue weighted by atomic mass is 10.3. The first-order valence-corrected chi connectivity index (χ1v) is 7.16. The lowest BCUT2D eigenvalue weighted by Crippen LogP contribution is -2.32. The minimum absolute atomic E-state index is 0.00671. The molecule has 0 aromatic carbocycles. The van der Waals surface area contributed by atoms with E-state index in [2.05, 4.69) is 0 Å². The maximum atomic E-state index is 11.4. The van der Waals surface area contributed by atoms with Crippen LogP contribution in [0.5, 0.6) is 0 Å². The predicted molar refractivity (Wildman–Crippen MR) is 59.8 cm³/mol. The molecule has 1 saturated heterocycles. The van der Waals surface area contributed by atoms with E-state index in [1.54, 1.807) is 0 Å². The number of carbonyl (C=O) groups is 1. The molecule has 16 heavy (non-hydrogen) atoms. The highest BCUT2D eigenvalue weighted by Crippen LogP contribution is 2.10. The van der Waals surface area contributed by atoms with Gasteiger partial charge in [0.25, 0.3) is 0 Å². The van der Waals surface area contributed by atoms with E-state index in [0.717, 1.165) is 0 Å². The average Bonchev–Trinajstić information content (AvgIpc) is 2.56. The van der Waals surface area contributed by atoms with Gasteiger partial charge in [0.05, 0.1) is 12.3 Å². The van der Waals surface area contributed by atoms with Gasteiger partial charge in [-0.1, -0.05) is 6.92 Å². The van der Waals surface area contributed by atoms with Gasteiger partial charge in [0.1, 0.15) is 6.10 Å². The Morgan fingerprint density at radius 3 is 2.69 bits per heavy atom. The first kappa shape index (κ1) is 13.2. The molecule has 0 radical (unpaired) electrons. The normalized spacial score (nSPS) is 21.2. The molecule has 0 spiro atoms. The third-order valence-electron chi connectivity index (χ3n) is 2.40. The van der Waals surface area contributed by atoms with Gasteiger partial charge in [-0.25, -0.2) is 13.2 Å². The zero-order valence-electron chi connectivity index (χ0n) is 9.39. The van der Waals surface area contributed by atoms with E-state index in [9.17, 15) is 13.2 Å². The van der Waals surface area contributed by atoms with Crippen LogP contribution in [0.1, 0.15) is 13.3 Å². The highest BCUT2D eigenvalue weighted by molar-refractivity contribution is 7.91. The van der Waals surface area contributed by atoms with E-state index in [-0.39, 0.29) is 30.7 Å². The third-order valence-corrected chi connectivity index (χ3v) is 4.23. The van der Waals surface area contributed by atoms with Crippen molar-refractivity contribution >= 4 is 15.9 Å². The van der Waals surface area contributed by atoms with Gasteiger partial charge in [-0.05, 0) is 6.42 Å². The molecule has 0 saturated carbocycles. The summed E-state index contributed by atoms with van der Waals surface area (Å²) < 4.78 is 27.8. The number of amides is 1. The fraction of sp³-hybridized carbons (Fsp3) is 0.889. The van der Waals surface area contributed by atoms with Crippen LogP contribution in [0.2, 0.25) is 0 Å². The van der Waals surface area contributed by atoms with Crippen LogP contribution in [-0.2, 0) is 14.6 Å².